The fraction of sp³-hybridized carbons (Fsp3) is 0.667. The van der Waals surface area contributed by atoms with E-state index in [1.165, 1.54) is 31.2 Å². The Labute approximate surface area is 137 Å². The predicted molar refractivity (Wildman–Crippen MR) is 92.9 cm³/mol. The molecule has 1 aromatic rings. The summed E-state index contributed by atoms with van der Waals surface area (Å²) in [5.41, 5.74) is 1.30. The Morgan fingerprint density at radius 1 is 1.33 bits per heavy atom. The molecule has 1 fully saturated rings. The number of benzene rings is 1. The molecule has 0 heterocycles. The average molecular weight is 354 g/mol. The molecule has 1 aromatic carbocycles. The number of hydrogen-bond acceptors (Lipinski definition) is 2. The normalized spacial score (nSPS) is 23.8. The van der Waals surface area contributed by atoms with E-state index in [1.807, 2.05) is 0 Å². The molecule has 1 aliphatic carbocycles. The molecular formula is C18H28BrNO. The van der Waals surface area contributed by atoms with Crippen LogP contribution in [0, 0.1) is 5.92 Å². The Hall–Kier alpha value is -0.540. The van der Waals surface area contributed by atoms with Crippen LogP contribution in [0.15, 0.2) is 22.7 Å². The Bertz CT molecular complexity index is 449. The van der Waals surface area contributed by atoms with Crippen molar-refractivity contribution in [2.24, 2.45) is 5.92 Å². The highest BCUT2D eigenvalue weighted by Gasteiger charge is 2.23. The van der Waals surface area contributed by atoms with Crippen molar-refractivity contribution in [1.29, 1.82) is 0 Å². The van der Waals surface area contributed by atoms with Gasteiger partial charge < -0.3 is 10.1 Å². The summed E-state index contributed by atoms with van der Waals surface area (Å²) in [6.45, 7) is 7.76. The van der Waals surface area contributed by atoms with Crippen molar-refractivity contribution in [3.63, 3.8) is 0 Å². The molecule has 3 atom stereocenters. The van der Waals surface area contributed by atoms with Gasteiger partial charge in [-0.3, -0.25) is 0 Å². The molecule has 2 nitrogen and oxygen atoms in total. The first-order valence-corrected chi connectivity index (χ1v) is 9.10. The second-order valence-corrected chi connectivity index (χ2v) is 7.13. The van der Waals surface area contributed by atoms with Crippen molar-refractivity contribution >= 4 is 15.9 Å². The molecular weight excluding hydrogens is 326 g/mol. The second-order valence-electron chi connectivity index (χ2n) is 6.28. The molecule has 0 bridgehead atoms. The van der Waals surface area contributed by atoms with Crippen molar-refractivity contribution in [2.75, 3.05) is 6.54 Å². The summed E-state index contributed by atoms with van der Waals surface area (Å²) in [5.74, 6) is 1.66. The quantitative estimate of drug-likeness (QED) is 0.732. The molecule has 1 aliphatic rings. The van der Waals surface area contributed by atoms with E-state index in [-0.39, 0.29) is 0 Å². The summed E-state index contributed by atoms with van der Waals surface area (Å²) in [6.07, 6.45) is 6.67. The predicted octanol–water partition coefficient (Wildman–Crippen LogP) is 5.47. The van der Waals surface area contributed by atoms with Crippen LogP contribution in [0.5, 0.6) is 5.75 Å². The minimum Gasteiger partial charge on any atom is -0.490 e. The molecule has 0 aromatic heterocycles. The van der Waals surface area contributed by atoms with Crippen molar-refractivity contribution in [2.45, 2.75) is 65.0 Å². The first-order chi connectivity index (χ1) is 10.1. The molecule has 0 spiro atoms. The van der Waals surface area contributed by atoms with Gasteiger partial charge in [-0.1, -0.05) is 42.3 Å². The first-order valence-electron chi connectivity index (χ1n) is 8.31. The molecule has 21 heavy (non-hydrogen) atoms. The third-order valence-corrected chi connectivity index (χ3v) is 5.15. The lowest BCUT2D eigenvalue weighted by atomic mass is 9.88. The van der Waals surface area contributed by atoms with Gasteiger partial charge in [-0.25, -0.2) is 0 Å². The van der Waals surface area contributed by atoms with Crippen LogP contribution in [0.1, 0.15) is 64.5 Å². The smallest absolute Gasteiger partial charge is 0.120 e. The third-order valence-electron chi connectivity index (χ3n) is 4.46. The van der Waals surface area contributed by atoms with Gasteiger partial charge in [-0.05, 0) is 62.8 Å². The van der Waals surface area contributed by atoms with Gasteiger partial charge in [-0.15, -0.1) is 0 Å². The molecule has 118 valence electrons. The highest BCUT2D eigenvalue weighted by molar-refractivity contribution is 9.10. The maximum atomic E-state index is 6.21. The van der Waals surface area contributed by atoms with Crippen LogP contribution >= 0.6 is 15.9 Å². The Morgan fingerprint density at radius 3 is 2.76 bits per heavy atom. The number of hydrogen-bond donors (Lipinski definition) is 1. The van der Waals surface area contributed by atoms with Gasteiger partial charge in [0.25, 0.3) is 0 Å². The molecule has 2 rings (SSSR count). The van der Waals surface area contributed by atoms with E-state index in [9.17, 15) is 0 Å². The van der Waals surface area contributed by atoms with Gasteiger partial charge in [0.05, 0.1) is 0 Å². The highest BCUT2D eigenvalue weighted by atomic mass is 79.9. The summed E-state index contributed by atoms with van der Waals surface area (Å²) in [7, 11) is 0. The minimum atomic E-state index is 0.363. The lowest BCUT2D eigenvalue weighted by Crippen LogP contribution is -2.28. The zero-order valence-corrected chi connectivity index (χ0v) is 15.1. The summed E-state index contributed by atoms with van der Waals surface area (Å²) in [6, 6.07) is 6.79. The summed E-state index contributed by atoms with van der Waals surface area (Å²) >= 11 is 3.70. The monoisotopic (exact) mass is 353 g/mol. The van der Waals surface area contributed by atoms with Crippen molar-refractivity contribution < 1.29 is 4.74 Å². The number of ether oxygens (including phenoxy) is 1. The van der Waals surface area contributed by atoms with Crippen LogP contribution in [0.4, 0.5) is 0 Å². The van der Waals surface area contributed by atoms with Crippen molar-refractivity contribution in [1.82, 2.24) is 5.32 Å². The van der Waals surface area contributed by atoms with Gasteiger partial charge in [0.1, 0.15) is 11.9 Å². The molecule has 3 unspecified atom stereocenters. The van der Waals surface area contributed by atoms with E-state index in [4.69, 9.17) is 4.74 Å². The third kappa shape index (κ3) is 4.72. The zero-order valence-electron chi connectivity index (χ0n) is 13.5. The van der Waals surface area contributed by atoms with Gasteiger partial charge in [-0.2, -0.15) is 0 Å². The van der Waals surface area contributed by atoms with Crippen molar-refractivity contribution in [3.05, 3.63) is 28.2 Å². The average Bonchev–Trinajstić information content (AvgIpc) is 2.47. The summed E-state index contributed by atoms with van der Waals surface area (Å²) in [4.78, 5) is 0. The van der Waals surface area contributed by atoms with Crippen LogP contribution in [0.2, 0.25) is 0 Å². The zero-order chi connectivity index (χ0) is 15.2. The molecule has 0 saturated heterocycles. The maximum Gasteiger partial charge on any atom is 0.120 e. The van der Waals surface area contributed by atoms with Crippen LogP contribution in [-0.4, -0.2) is 12.6 Å². The van der Waals surface area contributed by atoms with E-state index in [1.54, 1.807) is 0 Å². The van der Waals surface area contributed by atoms with E-state index in [2.05, 4.69) is 60.2 Å². The Kier molecular flexibility index (Phi) is 6.56. The van der Waals surface area contributed by atoms with E-state index < -0.39 is 0 Å². The number of rotatable bonds is 6. The van der Waals surface area contributed by atoms with E-state index >= 15 is 0 Å². The van der Waals surface area contributed by atoms with Gasteiger partial charge in [0.15, 0.2) is 0 Å². The lowest BCUT2D eigenvalue weighted by molar-refractivity contribution is 0.102. The standard InChI is InChI=1S/C18H28BrNO/c1-4-11-20-14(3)16-10-9-15(12-17(16)19)21-18-8-6-5-7-13(18)2/h9-10,12-14,18,20H,4-8,11H2,1-3H3. The minimum absolute atomic E-state index is 0.363. The van der Waals surface area contributed by atoms with Crippen LogP contribution in [0.3, 0.4) is 0 Å². The molecule has 3 heteroatoms. The summed E-state index contributed by atoms with van der Waals surface area (Å²) in [5, 5.41) is 3.53. The molecule has 0 amide bonds. The van der Waals surface area contributed by atoms with Gasteiger partial charge >= 0.3 is 0 Å². The maximum absolute atomic E-state index is 6.21. The fourth-order valence-electron chi connectivity index (χ4n) is 3.04. The topological polar surface area (TPSA) is 21.3 Å². The number of halogens is 1. The van der Waals surface area contributed by atoms with E-state index in [0.29, 0.717) is 18.1 Å². The van der Waals surface area contributed by atoms with Gasteiger partial charge in [0.2, 0.25) is 0 Å². The second kappa shape index (κ2) is 8.19. The molecule has 1 saturated carbocycles. The molecule has 1 N–H and O–H groups in total. The van der Waals surface area contributed by atoms with Crippen molar-refractivity contribution in [3.8, 4) is 5.75 Å². The Balaban J connectivity index is 2.01. The van der Waals surface area contributed by atoms with Gasteiger partial charge in [0, 0.05) is 10.5 Å². The SMILES string of the molecule is CCCNC(C)c1ccc(OC2CCCCC2C)cc1Br. The lowest BCUT2D eigenvalue weighted by Gasteiger charge is -2.29. The van der Waals surface area contributed by atoms with E-state index in [0.717, 1.165) is 23.2 Å². The number of nitrogens with one attached hydrogen (secondary N) is 1. The molecule has 0 aliphatic heterocycles. The molecule has 0 radical (unpaired) electrons. The first kappa shape index (κ1) is 16.8. The summed E-state index contributed by atoms with van der Waals surface area (Å²) < 4.78 is 7.35. The van der Waals surface area contributed by atoms with Crippen LogP contribution in [0.25, 0.3) is 0 Å². The largest absolute Gasteiger partial charge is 0.490 e. The van der Waals surface area contributed by atoms with Crippen LogP contribution < -0.4 is 10.1 Å². The van der Waals surface area contributed by atoms with Crippen LogP contribution in [-0.2, 0) is 0 Å². The Morgan fingerprint density at radius 2 is 2.10 bits per heavy atom. The fourth-order valence-corrected chi connectivity index (χ4v) is 3.74. The highest BCUT2D eigenvalue weighted by Crippen LogP contribution is 2.32.